The smallest absolute Gasteiger partial charge is 0.247 e. The third-order valence-corrected chi connectivity index (χ3v) is 6.94. The van der Waals surface area contributed by atoms with Crippen LogP contribution in [0.4, 0.5) is 0 Å². The molecule has 0 bridgehead atoms. The quantitative estimate of drug-likeness (QED) is 0.157. The summed E-state index contributed by atoms with van der Waals surface area (Å²) in [6, 6.07) is 10.9. The number of rotatable bonds is 20. The average molecular weight is 440 g/mol. The minimum atomic E-state index is 0.670. The third kappa shape index (κ3) is 11.3. The zero-order chi connectivity index (χ0) is 22.7. The monoisotopic (exact) mass is 439 g/mol. The van der Waals surface area contributed by atoms with Gasteiger partial charge in [-0.15, -0.1) is 0 Å². The van der Waals surface area contributed by atoms with E-state index in [4.69, 9.17) is 0 Å². The van der Waals surface area contributed by atoms with Gasteiger partial charge in [0.15, 0.2) is 0 Å². The molecule has 0 radical (unpaired) electrons. The number of aromatic nitrogens is 2. The van der Waals surface area contributed by atoms with Crippen molar-refractivity contribution in [1.29, 1.82) is 0 Å². The van der Waals surface area contributed by atoms with Crippen LogP contribution < -0.4 is 4.57 Å². The van der Waals surface area contributed by atoms with Gasteiger partial charge in [0.1, 0.15) is 18.9 Å². The van der Waals surface area contributed by atoms with Gasteiger partial charge in [0.2, 0.25) is 0 Å². The molecule has 1 aromatic carbocycles. The minimum absolute atomic E-state index is 0.670. The number of hydrogen-bond donors (Lipinski definition) is 1. The van der Waals surface area contributed by atoms with Crippen molar-refractivity contribution in [2.24, 2.45) is 0 Å². The number of unbranched alkanes of at least 4 members (excludes halogenated alkanes) is 13. The van der Waals surface area contributed by atoms with Crippen molar-refractivity contribution in [3.05, 3.63) is 54.1 Å². The molecule has 0 aliphatic heterocycles. The van der Waals surface area contributed by atoms with Crippen molar-refractivity contribution in [2.75, 3.05) is 0 Å². The number of imidazole rings is 1. The molecule has 180 valence electrons. The Morgan fingerprint density at radius 2 is 1.16 bits per heavy atom. The Morgan fingerprint density at radius 1 is 0.656 bits per heavy atom. The fraction of sp³-hybridized carbons (Fsp3) is 0.700. The predicted molar refractivity (Wildman–Crippen MR) is 139 cm³/mol. The van der Waals surface area contributed by atoms with Gasteiger partial charge in [-0.05, 0) is 18.4 Å². The molecular formula is C30H51N2+. The van der Waals surface area contributed by atoms with Gasteiger partial charge >= 0.3 is 0 Å². The standard InChI is InChI=1S/C30H50N2/c1-3-5-7-9-10-11-12-13-14-15-20-24-29(23-19-8-6-4-2)30-31-25-26-32(30)27-28-21-17-16-18-22-28/h16-18,21-22,25-26,29H,3-15,19-20,23-24,27H2,1-2H3/p+1/t29-/m0/s1. The fourth-order valence-corrected chi connectivity index (χ4v) is 4.94. The first-order valence-corrected chi connectivity index (χ1v) is 14.0. The molecule has 0 aliphatic rings. The minimum Gasteiger partial charge on any atom is -0.247 e. The summed E-state index contributed by atoms with van der Waals surface area (Å²) in [7, 11) is 0. The zero-order valence-electron chi connectivity index (χ0n) is 21.3. The highest BCUT2D eigenvalue weighted by Gasteiger charge is 2.22. The molecule has 1 N–H and O–H groups in total. The number of benzene rings is 1. The van der Waals surface area contributed by atoms with E-state index >= 15 is 0 Å². The average Bonchev–Trinajstić information content (AvgIpc) is 3.27. The van der Waals surface area contributed by atoms with E-state index in [-0.39, 0.29) is 0 Å². The van der Waals surface area contributed by atoms with Crippen molar-refractivity contribution < 1.29 is 4.57 Å². The first-order valence-electron chi connectivity index (χ1n) is 14.0. The molecule has 0 fully saturated rings. The highest BCUT2D eigenvalue weighted by Crippen LogP contribution is 2.26. The molecule has 0 saturated carbocycles. The third-order valence-electron chi connectivity index (χ3n) is 6.94. The molecule has 2 nitrogen and oxygen atoms in total. The molecule has 1 aromatic heterocycles. The number of nitrogens with one attached hydrogen (secondary N) is 1. The van der Waals surface area contributed by atoms with Gasteiger partial charge in [-0.25, -0.2) is 9.55 Å². The van der Waals surface area contributed by atoms with Crippen molar-refractivity contribution in [3.63, 3.8) is 0 Å². The van der Waals surface area contributed by atoms with E-state index in [2.05, 4.69) is 66.1 Å². The molecule has 0 unspecified atom stereocenters. The SMILES string of the molecule is CCCCCCCCCCCCC[C@H](CCCCCC)c1[nH]cc[n+]1Cc1ccccc1. The highest BCUT2D eigenvalue weighted by molar-refractivity contribution is 5.13. The van der Waals surface area contributed by atoms with Crippen LogP contribution in [0.15, 0.2) is 42.7 Å². The van der Waals surface area contributed by atoms with Crippen molar-refractivity contribution >= 4 is 0 Å². The molecule has 2 aromatic rings. The first kappa shape index (κ1) is 26.7. The first-order chi connectivity index (χ1) is 15.8. The van der Waals surface area contributed by atoms with Gasteiger partial charge in [-0.3, -0.25) is 0 Å². The Hall–Kier alpha value is -1.57. The predicted octanol–water partition coefficient (Wildman–Crippen LogP) is 9.11. The molecule has 2 rings (SSSR count). The maximum Gasteiger partial charge on any atom is 0.257 e. The molecule has 1 heterocycles. The van der Waals surface area contributed by atoms with E-state index in [1.54, 1.807) is 0 Å². The number of nitrogens with zero attached hydrogens (tertiary/aromatic N) is 1. The summed E-state index contributed by atoms with van der Waals surface area (Å²) >= 11 is 0. The van der Waals surface area contributed by atoms with Gasteiger partial charge in [0.05, 0.1) is 5.92 Å². The summed E-state index contributed by atoms with van der Waals surface area (Å²) in [5.74, 6) is 2.11. The van der Waals surface area contributed by atoms with Gasteiger partial charge in [-0.1, -0.05) is 140 Å². The lowest BCUT2D eigenvalue weighted by molar-refractivity contribution is -0.695. The van der Waals surface area contributed by atoms with E-state index in [1.165, 1.54) is 121 Å². The lowest BCUT2D eigenvalue weighted by atomic mass is 9.93. The molecule has 32 heavy (non-hydrogen) atoms. The molecule has 0 amide bonds. The van der Waals surface area contributed by atoms with Crippen LogP contribution in [0, 0.1) is 0 Å². The lowest BCUT2D eigenvalue weighted by Crippen LogP contribution is -2.38. The summed E-state index contributed by atoms with van der Waals surface area (Å²) in [4.78, 5) is 3.62. The van der Waals surface area contributed by atoms with Crippen LogP contribution in [0.5, 0.6) is 0 Å². The summed E-state index contributed by atoms with van der Waals surface area (Å²) in [5, 5.41) is 0. The second kappa shape index (κ2) is 17.9. The Balaban J connectivity index is 1.74. The van der Waals surface area contributed by atoms with Crippen LogP contribution in [-0.4, -0.2) is 4.98 Å². The largest absolute Gasteiger partial charge is 0.257 e. The van der Waals surface area contributed by atoms with E-state index < -0.39 is 0 Å². The van der Waals surface area contributed by atoms with Crippen molar-refractivity contribution in [1.82, 2.24) is 4.98 Å². The number of H-pyrrole nitrogens is 1. The second-order valence-corrected chi connectivity index (χ2v) is 9.83. The fourth-order valence-electron chi connectivity index (χ4n) is 4.94. The van der Waals surface area contributed by atoms with Crippen molar-refractivity contribution in [2.45, 2.75) is 135 Å². The molecule has 0 saturated heterocycles. The van der Waals surface area contributed by atoms with Gasteiger partial charge in [0, 0.05) is 0 Å². The van der Waals surface area contributed by atoms with E-state index in [9.17, 15) is 0 Å². The lowest BCUT2D eigenvalue weighted by Gasteiger charge is -2.14. The number of hydrogen-bond acceptors (Lipinski definition) is 0. The van der Waals surface area contributed by atoms with Crippen LogP contribution in [0.3, 0.4) is 0 Å². The highest BCUT2D eigenvalue weighted by atomic mass is 15.1. The topological polar surface area (TPSA) is 19.7 Å². The molecular weight excluding hydrogens is 388 g/mol. The summed E-state index contributed by atoms with van der Waals surface area (Å²) in [6.45, 7) is 5.58. The summed E-state index contributed by atoms with van der Waals surface area (Å²) in [6.07, 6.45) is 28.1. The van der Waals surface area contributed by atoms with Crippen LogP contribution >= 0.6 is 0 Å². The van der Waals surface area contributed by atoms with Crippen molar-refractivity contribution in [3.8, 4) is 0 Å². The number of aromatic amines is 1. The van der Waals surface area contributed by atoms with Crippen LogP contribution in [0.2, 0.25) is 0 Å². The Labute approximate surface area is 199 Å². The maximum absolute atomic E-state index is 3.62. The van der Waals surface area contributed by atoms with Gasteiger partial charge in [-0.2, -0.15) is 0 Å². The summed E-state index contributed by atoms with van der Waals surface area (Å²) < 4.78 is 2.46. The van der Waals surface area contributed by atoms with Crippen LogP contribution in [0.25, 0.3) is 0 Å². The normalized spacial score (nSPS) is 12.3. The van der Waals surface area contributed by atoms with E-state index in [0.29, 0.717) is 5.92 Å². The van der Waals surface area contributed by atoms with E-state index in [1.807, 2.05) is 0 Å². The molecule has 0 aliphatic carbocycles. The molecule has 0 spiro atoms. The Kier molecular flexibility index (Phi) is 14.9. The maximum atomic E-state index is 3.62. The van der Waals surface area contributed by atoms with E-state index in [0.717, 1.165) is 6.54 Å². The van der Waals surface area contributed by atoms with Crippen LogP contribution in [0.1, 0.15) is 140 Å². The van der Waals surface area contributed by atoms with Gasteiger partial charge < -0.3 is 0 Å². The molecule has 1 atom stereocenters. The second-order valence-electron chi connectivity index (χ2n) is 9.83. The zero-order valence-corrected chi connectivity index (χ0v) is 21.3. The van der Waals surface area contributed by atoms with Gasteiger partial charge in [0.25, 0.3) is 5.82 Å². The van der Waals surface area contributed by atoms with Crippen LogP contribution in [-0.2, 0) is 6.54 Å². The summed E-state index contributed by atoms with van der Waals surface area (Å²) in [5.41, 5.74) is 1.39. The Bertz CT molecular complexity index is 660. The Morgan fingerprint density at radius 3 is 1.72 bits per heavy atom. The molecule has 2 heteroatoms.